The van der Waals surface area contributed by atoms with Gasteiger partial charge in [-0.2, -0.15) is 0 Å². The van der Waals surface area contributed by atoms with Crippen molar-refractivity contribution in [3.8, 4) is 0 Å². The maximum atomic E-state index is 4.83. The zero-order valence-electron chi connectivity index (χ0n) is 6.19. The minimum Gasteiger partial charge on any atom is -0.382 e. The SMILES string of the molecule is C=CCBr.CCOCC. The first-order valence-corrected chi connectivity index (χ1v) is 4.20. The van der Waals surface area contributed by atoms with Gasteiger partial charge in [0.25, 0.3) is 0 Å². The van der Waals surface area contributed by atoms with Crippen LogP contribution in [-0.2, 0) is 4.74 Å². The largest absolute Gasteiger partial charge is 0.382 e. The quantitative estimate of drug-likeness (QED) is 0.496. The highest BCUT2D eigenvalue weighted by molar-refractivity contribution is 9.09. The Morgan fingerprint density at radius 2 is 1.78 bits per heavy atom. The van der Waals surface area contributed by atoms with Gasteiger partial charge in [0.15, 0.2) is 0 Å². The van der Waals surface area contributed by atoms with Crippen LogP contribution in [0, 0.1) is 0 Å². The summed E-state index contributed by atoms with van der Waals surface area (Å²) in [4.78, 5) is 0. The highest BCUT2D eigenvalue weighted by Gasteiger charge is 1.64. The highest BCUT2D eigenvalue weighted by Crippen LogP contribution is 1.73. The molecule has 9 heavy (non-hydrogen) atoms. The third kappa shape index (κ3) is 30.9. The van der Waals surface area contributed by atoms with Crippen LogP contribution < -0.4 is 0 Å². The second kappa shape index (κ2) is 15.7. The van der Waals surface area contributed by atoms with Crippen LogP contribution in [0.2, 0.25) is 0 Å². The van der Waals surface area contributed by atoms with E-state index in [-0.39, 0.29) is 0 Å². The van der Waals surface area contributed by atoms with E-state index in [0.29, 0.717) is 0 Å². The number of halogens is 1. The molecule has 0 atom stereocenters. The molecular formula is C7H15BrO. The summed E-state index contributed by atoms with van der Waals surface area (Å²) in [7, 11) is 0. The Hall–Kier alpha value is 0.180. The van der Waals surface area contributed by atoms with Gasteiger partial charge in [-0.15, -0.1) is 6.58 Å². The third-order valence-corrected chi connectivity index (χ3v) is 0.975. The fraction of sp³-hybridized carbons (Fsp3) is 0.714. The second-order valence-corrected chi connectivity index (χ2v) is 1.87. The Balaban J connectivity index is 0. The Labute approximate surface area is 66.2 Å². The van der Waals surface area contributed by atoms with Gasteiger partial charge in [0.2, 0.25) is 0 Å². The number of rotatable bonds is 3. The fourth-order valence-electron chi connectivity index (χ4n) is 0.204. The van der Waals surface area contributed by atoms with Crippen molar-refractivity contribution in [3.63, 3.8) is 0 Å². The van der Waals surface area contributed by atoms with E-state index in [0.717, 1.165) is 18.5 Å². The van der Waals surface area contributed by atoms with E-state index in [1.165, 1.54) is 0 Å². The van der Waals surface area contributed by atoms with Crippen LogP contribution in [0.4, 0.5) is 0 Å². The second-order valence-electron chi connectivity index (χ2n) is 1.22. The van der Waals surface area contributed by atoms with Gasteiger partial charge in [-0.25, -0.2) is 0 Å². The average molecular weight is 195 g/mol. The van der Waals surface area contributed by atoms with Gasteiger partial charge in [-0.05, 0) is 13.8 Å². The molecule has 0 unspecified atom stereocenters. The van der Waals surface area contributed by atoms with E-state index >= 15 is 0 Å². The van der Waals surface area contributed by atoms with Crippen LogP contribution >= 0.6 is 15.9 Å². The number of allylic oxidation sites excluding steroid dienone is 1. The summed E-state index contributed by atoms with van der Waals surface area (Å²) in [6.07, 6.45) is 1.79. The first-order chi connectivity index (χ1) is 4.33. The van der Waals surface area contributed by atoms with E-state index in [1.807, 2.05) is 13.8 Å². The standard InChI is InChI=1S/C4H10O.C3H5Br/c1-3-5-4-2;1-2-3-4/h3-4H2,1-2H3;2H,1,3H2. The Morgan fingerprint density at radius 3 is 1.78 bits per heavy atom. The van der Waals surface area contributed by atoms with E-state index in [2.05, 4.69) is 22.5 Å². The lowest BCUT2D eigenvalue weighted by Crippen LogP contribution is -1.84. The van der Waals surface area contributed by atoms with Gasteiger partial charge >= 0.3 is 0 Å². The summed E-state index contributed by atoms with van der Waals surface area (Å²) in [6, 6.07) is 0. The number of hydrogen-bond acceptors (Lipinski definition) is 1. The van der Waals surface area contributed by atoms with Crippen molar-refractivity contribution in [1.29, 1.82) is 0 Å². The lowest BCUT2D eigenvalue weighted by Gasteiger charge is -1.86. The van der Waals surface area contributed by atoms with Crippen LogP contribution in [0.1, 0.15) is 13.8 Å². The summed E-state index contributed by atoms with van der Waals surface area (Å²) in [5.74, 6) is 0. The van der Waals surface area contributed by atoms with Gasteiger partial charge in [-0.3, -0.25) is 0 Å². The summed E-state index contributed by atoms with van der Waals surface area (Å²) in [5.41, 5.74) is 0. The summed E-state index contributed by atoms with van der Waals surface area (Å²) >= 11 is 3.13. The molecule has 2 heteroatoms. The molecule has 0 rings (SSSR count). The molecule has 0 heterocycles. The van der Waals surface area contributed by atoms with Gasteiger partial charge in [0.05, 0.1) is 0 Å². The molecule has 1 nitrogen and oxygen atoms in total. The van der Waals surface area contributed by atoms with Crippen molar-refractivity contribution in [3.05, 3.63) is 12.7 Å². The van der Waals surface area contributed by atoms with Crippen LogP contribution in [0.15, 0.2) is 12.7 Å². The van der Waals surface area contributed by atoms with E-state index in [4.69, 9.17) is 4.74 Å². The maximum absolute atomic E-state index is 4.83. The van der Waals surface area contributed by atoms with E-state index in [9.17, 15) is 0 Å². The molecule has 56 valence electrons. The Bertz CT molecular complexity index is 44.2. The predicted molar refractivity (Wildman–Crippen MR) is 46.2 cm³/mol. The minimum absolute atomic E-state index is 0.844. The van der Waals surface area contributed by atoms with Crippen molar-refractivity contribution < 1.29 is 4.74 Å². The summed E-state index contributed by atoms with van der Waals surface area (Å²) < 4.78 is 4.83. The molecule has 0 aliphatic rings. The molecule has 0 N–H and O–H groups in total. The van der Waals surface area contributed by atoms with Crippen LogP contribution in [0.5, 0.6) is 0 Å². The van der Waals surface area contributed by atoms with Gasteiger partial charge in [-0.1, -0.05) is 22.0 Å². The Kier molecular flexibility index (Phi) is 20.8. The van der Waals surface area contributed by atoms with Crippen molar-refractivity contribution in [2.45, 2.75) is 13.8 Å². The molecule has 0 aliphatic heterocycles. The molecule has 0 radical (unpaired) electrons. The highest BCUT2D eigenvalue weighted by atomic mass is 79.9. The fourth-order valence-corrected chi connectivity index (χ4v) is 0.204. The van der Waals surface area contributed by atoms with Crippen molar-refractivity contribution >= 4 is 15.9 Å². The molecule has 0 aromatic rings. The smallest absolute Gasteiger partial charge is 0.0437 e. The van der Waals surface area contributed by atoms with Crippen molar-refractivity contribution in [2.24, 2.45) is 0 Å². The zero-order chi connectivity index (χ0) is 7.54. The average Bonchev–Trinajstić information content (AvgIpc) is 1.91. The molecule has 0 aromatic heterocycles. The van der Waals surface area contributed by atoms with Crippen molar-refractivity contribution in [2.75, 3.05) is 18.5 Å². The van der Waals surface area contributed by atoms with Crippen LogP contribution in [0.3, 0.4) is 0 Å². The van der Waals surface area contributed by atoms with Gasteiger partial charge < -0.3 is 4.74 Å². The van der Waals surface area contributed by atoms with Gasteiger partial charge in [0.1, 0.15) is 0 Å². The lowest BCUT2D eigenvalue weighted by molar-refractivity contribution is 0.162. The number of ether oxygens (including phenoxy) is 1. The number of alkyl halides is 1. The third-order valence-electron chi connectivity index (χ3n) is 0.517. The van der Waals surface area contributed by atoms with Crippen LogP contribution in [0.25, 0.3) is 0 Å². The monoisotopic (exact) mass is 194 g/mol. The van der Waals surface area contributed by atoms with Crippen molar-refractivity contribution in [1.82, 2.24) is 0 Å². The molecule has 0 saturated heterocycles. The topological polar surface area (TPSA) is 9.23 Å². The first-order valence-electron chi connectivity index (χ1n) is 3.08. The van der Waals surface area contributed by atoms with E-state index < -0.39 is 0 Å². The first kappa shape index (κ1) is 11.9. The molecular weight excluding hydrogens is 180 g/mol. The Morgan fingerprint density at radius 1 is 1.44 bits per heavy atom. The summed E-state index contributed by atoms with van der Waals surface area (Å²) in [6.45, 7) is 9.10. The zero-order valence-corrected chi connectivity index (χ0v) is 7.78. The van der Waals surface area contributed by atoms with Gasteiger partial charge in [0, 0.05) is 18.5 Å². The molecule has 0 fully saturated rings. The normalized spacial score (nSPS) is 7.44. The minimum atomic E-state index is 0.844. The molecule has 0 amide bonds. The lowest BCUT2D eigenvalue weighted by atomic mass is 10.8. The number of hydrogen-bond donors (Lipinski definition) is 0. The molecule has 0 aliphatic carbocycles. The molecule has 0 spiro atoms. The molecule has 0 aromatic carbocycles. The molecule has 0 bridgehead atoms. The predicted octanol–water partition coefficient (Wildman–Crippen LogP) is 2.61. The summed E-state index contributed by atoms with van der Waals surface area (Å²) in [5, 5.41) is 0.896. The van der Waals surface area contributed by atoms with E-state index in [1.54, 1.807) is 6.08 Å². The van der Waals surface area contributed by atoms with Crippen LogP contribution in [-0.4, -0.2) is 18.5 Å². The molecule has 0 saturated carbocycles. The maximum Gasteiger partial charge on any atom is 0.0437 e.